The van der Waals surface area contributed by atoms with Crippen molar-refractivity contribution in [2.45, 2.75) is 13.3 Å². The number of carbonyl (C=O) groups is 1. The van der Waals surface area contributed by atoms with E-state index in [1.807, 2.05) is 55.5 Å². The second kappa shape index (κ2) is 7.61. The molecule has 28 heavy (non-hydrogen) atoms. The Bertz CT molecular complexity index is 1140. The highest BCUT2D eigenvalue weighted by Crippen LogP contribution is 2.35. The third kappa shape index (κ3) is 3.76. The highest BCUT2D eigenvalue weighted by atomic mass is 19.1. The van der Waals surface area contributed by atoms with Gasteiger partial charge in [0.15, 0.2) is 5.75 Å². The molecular formula is C24H18FNO2. The van der Waals surface area contributed by atoms with Crippen LogP contribution in [0.4, 0.5) is 4.39 Å². The van der Waals surface area contributed by atoms with Crippen LogP contribution in [0.1, 0.15) is 11.1 Å². The molecule has 0 saturated carbocycles. The van der Waals surface area contributed by atoms with Crippen LogP contribution in [0.2, 0.25) is 0 Å². The molecule has 0 aliphatic rings. The second-order valence-electron chi connectivity index (χ2n) is 6.67. The molecule has 0 radical (unpaired) electrons. The zero-order valence-corrected chi connectivity index (χ0v) is 15.4. The van der Waals surface area contributed by atoms with Gasteiger partial charge in [-0.15, -0.1) is 0 Å². The van der Waals surface area contributed by atoms with Gasteiger partial charge in [-0.05, 0) is 24.6 Å². The number of pyridine rings is 1. The summed E-state index contributed by atoms with van der Waals surface area (Å²) in [6.07, 6.45) is 1.83. The van der Waals surface area contributed by atoms with Crippen molar-refractivity contribution in [3.8, 4) is 17.0 Å². The minimum atomic E-state index is -0.418. The molecule has 4 rings (SSSR count). The number of aromatic nitrogens is 1. The lowest BCUT2D eigenvalue weighted by Crippen LogP contribution is -2.12. The molecule has 3 aromatic carbocycles. The molecule has 138 valence electrons. The number of aryl methyl sites for hydroxylation is 1. The van der Waals surface area contributed by atoms with Crippen LogP contribution in [-0.4, -0.2) is 11.0 Å². The molecule has 4 heteroatoms. The van der Waals surface area contributed by atoms with Crippen molar-refractivity contribution in [1.82, 2.24) is 4.98 Å². The third-order valence-corrected chi connectivity index (χ3v) is 4.56. The zero-order chi connectivity index (χ0) is 19.5. The first-order valence-electron chi connectivity index (χ1n) is 9.00. The molecule has 0 saturated heterocycles. The Balaban J connectivity index is 1.73. The van der Waals surface area contributed by atoms with E-state index in [9.17, 15) is 9.18 Å². The van der Waals surface area contributed by atoms with Gasteiger partial charge < -0.3 is 4.74 Å². The number of esters is 1. The van der Waals surface area contributed by atoms with Crippen LogP contribution in [0, 0.1) is 12.7 Å². The van der Waals surface area contributed by atoms with Crippen LogP contribution in [0.5, 0.6) is 5.75 Å². The van der Waals surface area contributed by atoms with Gasteiger partial charge in [0, 0.05) is 22.5 Å². The average Bonchev–Trinajstić information content (AvgIpc) is 2.71. The van der Waals surface area contributed by atoms with Crippen molar-refractivity contribution in [1.29, 1.82) is 0 Å². The molecule has 3 nitrogen and oxygen atoms in total. The SMILES string of the molecule is Cc1ccc(-c2ncc3ccccc3c2OC(=O)Cc2ccc(F)cc2)cc1. The highest BCUT2D eigenvalue weighted by Gasteiger charge is 2.16. The predicted molar refractivity (Wildman–Crippen MR) is 108 cm³/mol. The molecule has 0 fully saturated rings. The van der Waals surface area contributed by atoms with Crippen LogP contribution in [-0.2, 0) is 11.2 Å². The number of rotatable bonds is 4. The van der Waals surface area contributed by atoms with Crippen LogP contribution < -0.4 is 4.74 Å². The molecule has 1 heterocycles. The number of hydrogen-bond acceptors (Lipinski definition) is 3. The predicted octanol–water partition coefficient (Wildman–Crippen LogP) is 5.50. The smallest absolute Gasteiger partial charge is 0.315 e. The lowest BCUT2D eigenvalue weighted by atomic mass is 10.0. The Hall–Kier alpha value is -3.53. The van der Waals surface area contributed by atoms with Crippen LogP contribution >= 0.6 is 0 Å². The summed E-state index contributed by atoms with van der Waals surface area (Å²) in [7, 11) is 0. The number of benzene rings is 3. The maximum atomic E-state index is 13.1. The van der Waals surface area contributed by atoms with Crippen LogP contribution in [0.15, 0.2) is 79.0 Å². The van der Waals surface area contributed by atoms with Crippen LogP contribution in [0.25, 0.3) is 22.0 Å². The Morgan fingerprint density at radius 3 is 2.43 bits per heavy atom. The molecule has 0 amide bonds. The lowest BCUT2D eigenvalue weighted by Gasteiger charge is -2.13. The van der Waals surface area contributed by atoms with Gasteiger partial charge in [0.05, 0.1) is 6.42 Å². The van der Waals surface area contributed by atoms with E-state index in [4.69, 9.17) is 4.74 Å². The van der Waals surface area contributed by atoms with E-state index in [1.54, 1.807) is 18.3 Å². The van der Waals surface area contributed by atoms with E-state index < -0.39 is 5.97 Å². The van der Waals surface area contributed by atoms with Crippen molar-refractivity contribution >= 4 is 16.7 Å². The largest absolute Gasteiger partial charge is 0.423 e. The maximum absolute atomic E-state index is 13.1. The number of nitrogens with zero attached hydrogens (tertiary/aromatic N) is 1. The summed E-state index contributed by atoms with van der Waals surface area (Å²) < 4.78 is 18.9. The third-order valence-electron chi connectivity index (χ3n) is 4.56. The van der Waals surface area contributed by atoms with Gasteiger partial charge in [-0.25, -0.2) is 4.39 Å². The van der Waals surface area contributed by atoms with Gasteiger partial charge in [-0.1, -0.05) is 66.2 Å². The summed E-state index contributed by atoms with van der Waals surface area (Å²) in [5.74, 6) is -0.316. The quantitative estimate of drug-likeness (QED) is 0.445. The van der Waals surface area contributed by atoms with Crippen molar-refractivity contribution < 1.29 is 13.9 Å². The number of carbonyl (C=O) groups excluding carboxylic acids is 1. The summed E-state index contributed by atoms with van der Waals surface area (Å²) >= 11 is 0. The molecule has 0 spiro atoms. The Morgan fingerprint density at radius 1 is 0.964 bits per heavy atom. The van der Waals surface area contributed by atoms with E-state index >= 15 is 0 Å². The summed E-state index contributed by atoms with van der Waals surface area (Å²) in [6, 6.07) is 21.4. The summed E-state index contributed by atoms with van der Waals surface area (Å²) in [5.41, 5.74) is 3.32. The molecule has 0 unspecified atom stereocenters. The molecule has 0 bridgehead atoms. The number of ether oxygens (including phenoxy) is 1. The van der Waals surface area contributed by atoms with Crippen molar-refractivity contribution in [2.75, 3.05) is 0 Å². The van der Waals surface area contributed by atoms with Crippen molar-refractivity contribution in [2.24, 2.45) is 0 Å². The molecular weight excluding hydrogens is 353 g/mol. The fourth-order valence-electron chi connectivity index (χ4n) is 3.08. The molecule has 0 N–H and O–H groups in total. The normalized spacial score (nSPS) is 10.8. The molecule has 0 aliphatic heterocycles. The van der Waals surface area contributed by atoms with Gasteiger partial charge in [0.1, 0.15) is 11.5 Å². The first-order chi connectivity index (χ1) is 13.6. The van der Waals surface area contributed by atoms with E-state index in [0.717, 1.165) is 21.9 Å². The number of fused-ring (bicyclic) bond motifs is 1. The van der Waals surface area contributed by atoms with E-state index in [0.29, 0.717) is 17.0 Å². The Morgan fingerprint density at radius 2 is 1.68 bits per heavy atom. The number of halogens is 1. The maximum Gasteiger partial charge on any atom is 0.315 e. The minimum Gasteiger partial charge on any atom is -0.423 e. The molecule has 1 aromatic heterocycles. The average molecular weight is 371 g/mol. The lowest BCUT2D eigenvalue weighted by molar-refractivity contribution is -0.133. The Labute approximate surface area is 162 Å². The number of hydrogen-bond donors (Lipinski definition) is 0. The van der Waals surface area contributed by atoms with Crippen molar-refractivity contribution in [3.63, 3.8) is 0 Å². The van der Waals surface area contributed by atoms with E-state index in [-0.39, 0.29) is 12.2 Å². The second-order valence-corrected chi connectivity index (χ2v) is 6.67. The molecule has 0 atom stereocenters. The van der Waals surface area contributed by atoms with Crippen molar-refractivity contribution in [3.05, 3.63) is 95.9 Å². The summed E-state index contributed by atoms with van der Waals surface area (Å²) in [4.78, 5) is 17.2. The topological polar surface area (TPSA) is 39.2 Å². The minimum absolute atomic E-state index is 0.0524. The van der Waals surface area contributed by atoms with Gasteiger partial charge in [-0.2, -0.15) is 0 Å². The first kappa shape index (κ1) is 17.9. The molecule has 0 aliphatic carbocycles. The molecule has 4 aromatic rings. The van der Waals surface area contributed by atoms with Gasteiger partial charge in [0.2, 0.25) is 0 Å². The summed E-state index contributed by atoms with van der Waals surface area (Å²) in [6.45, 7) is 2.02. The zero-order valence-electron chi connectivity index (χ0n) is 15.4. The highest BCUT2D eigenvalue weighted by molar-refractivity contribution is 5.95. The Kier molecular flexibility index (Phi) is 4.85. The van der Waals surface area contributed by atoms with E-state index in [2.05, 4.69) is 4.98 Å². The fourth-order valence-corrected chi connectivity index (χ4v) is 3.08. The van der Waals surface area contributed by atoms with Gasteiger partial charge >= 0.3 is 5.97 Å². The fraction of sp³-hybridized carbons (Fsp3) is 0.0833. The first-order valence-corrected chi connectivity index (χ1v) is 9.00. The van der Waals surface area contributed by atoms with Gasteiger partial charge in [-0.3, -0.25) is 9.78 Å². The van der Waals surface area contributed by atoms with Crippen LogP contribution in [0.3, 0.4) is 0 Å². The summed E-state index contributed by atoms with van der Waals surface area (Å²) in [5, 5.41) is 1.71. The van der Waals surface area contributed by atoms with Gasteiger partial charge in [0.25, 0.3) is 0 Å². The standard InChI is InChI=1S/C24H18FNO2/c1-16-6-10-18(11-7-16)23-24(21-5-3-2-4-19(21)15-26-23)28-22(27)14-17-8-12-20(25)13-9-17/h2-13,15H,14H2,1H3. The van der Waals surface area contributed by atoms with E-state index in [1.165, 1.54) is 12.1 Å². The monoisotopic (exact) mass is 371 g/mol.